The van der Waals surface area contributed by atoms with Crippen LogP contribution in [-0.4, -0.2) is 34.0 Å². The van der Waals surface area contributed by atoms with Crippen molar-refractivity contribution in [3.63, 3.8) is 0 Å². The zero-order valence-electron chi connectivity index (χ0n) is 17.8. The minimum atomic E-state index is -4.86. The smallest absolute Gasteiger partial charge is 0.399 e. The van der Waals surface area contributed by atoms with Gasteiger partial charge in [-0.15, -0.1) is 5.10 Å². The number of benzene rings is 2. The summed E-state index contributed by atoms with van der Waals surface area (Å²) < 4.78 is 54.3. The quantitative estimate of drug-likeness (QED) is 0.404. The van der Waals surface area contributed by atoms with Crippen molar-refractivity contribution in [2.24, 2.45) is 0 Å². The number of β-amino-alcohol motifs (C(OH)–C–C–N with tert-alkyl or cyclic N) is 1. The summed E-state index contributed by atoms with van der Waals surface area (Å²) in [6.45, 7) is 6.03. The van der Waals surface area contributed by atoms with Gasteiger partial charge in [-0.05, 0) is 45.0 Å². The highest BCUT2D eigenvalue weighted by molar-refractivity contribution is 5.95. The lowest BCUT2D eigenvalue weighted by atomic mass is 9.95. The van der Waals surface area contributed by atoms with Crippen LogP contribution in [-0.2, 0) is 6.18 Å². The number of aromatic nitrogens is 2. The van der Waals surface area contributed by atoms with Crippen LogP contribution in [0.4, 0.5) is 34.8 Å². The molecule has 10 heteroatoms. The molecule has 6 nitrogen and oxygen atoms in total. The Morgan fingerprint density at radius 3 is 2.47 bits per heavy atom. The van der Waals surface area contributed by atoms with Crippen molar-refractivity contribution in [3.8, 4) is 0 Å². The number of hydrogen-bond acceptors (Lipinski definition) is 6. The molecule has 0 radical (unpaired) electrons. The van der Waals surface area contributed by atoms with E-state index in [1.807, 2.05) is 23.1 Å². The first-order chi connectivity index (χ1) is 14.9. The second kappa shape index (κ2) is 7.47. The van der Waals surface area contributed by atoms with Crippen molar-refractivity contribution in [2.45, 2.75) is 38.6 Å². The standard InChI is InChI=1S/C22H23F4N5O/c1-11(16-6-13(27)7-18(19(16)23)22(24,25)26)28-20-17-8-14(31-9-21(3,32)10-31)4-5-15(17)12(2)29-30-20/h4-8,11,32H,9-10,27H2,1-3H3,(H,28,30). The Kier molecular flexibility index (Phi) is 5.15. The molecule has 1 fully saturated rings. The maximum atomic E-state index is 14.7. The zero-order chi connectivity index (χ0) is 23.4. The van der Waals surface area contributed by atoms with E-state index in [0.29, 0.717) is 36.1 Å². The highest BCUT2D eigenvalue weighted by Crippen LogP contribution is 2.37. The molecule has 0 aliphatic carbocycles. The van der Waals surface area contributed by atoms with Gasteiger partial charge in [0.25, 0.3) is 0 Å². The molecule has 0 saturated carbocycles. The number of anilines is 3. The first-order valence-corrected chi connectivity index (χ1v) is 10.0. The summed E-state index contributed by atoms with van der Waals surface area (Å²) in [6, 6.07) is 6.55. The van der Waals surface area contributed by atoms with Gasteiger partial charge < -0.3 is 21.1 Å². The van der Waals surface area contributed by atoms with Crippen molar-refractivity contribution in [2.75, 3.05) is 29.0 Å². The molecule has 2 aromatic carbocycles. The van der Waals surface area contributed by atoms with Gasteiger partial charge in [-0.1, -0.05) is 6.07 Å². The predicted octanol–water partition coefficient (Wildman–Crippen LogP) is 4.42. The minimum absolute atomic E-state index is 0.186. The third-order valence-electron chi connectivity index (χ3n) is 5.62. The molecule has 4 rings (SSSR count). The highest BCUT2D eigenvalue weighted by Gasteiger charge is 2.37. The lowest BCUT2D eigenvalue weighted by Crippen LogP contribution is -2.60. The number of nitrogen functional groups attached to an aromatic ring is 1. The molecule has 0 bridgehead atoms. The van der Waals surface area contributed by atoms with E-state index < -0.39 is 29.2 Å². The van der Waals surface area contributed by atoms with Gasteiger partial charge in [0.2, 0.25) is 0 Å². The molecule has 1 saturated heterocycles. The van der Waals surface area contributed by atoms with Gasteiger partial charge in [-0.25, -0.2) is 4.39 Å². The largest absolute Gasteiger partial charge is 0.419 e. The third-order valence-corrected chi connectivity index (χ3v) is 5.62. The highest BCUT2D eigenvalue weighted by atomic mass is 19.4. The van der Waals surface area contributed by atoms with Crippen LogP contribution in [0, 0.1) is 12.7 Å². The number of nitrogens with zero attached hydrogens (tertiary/aromatic N) is 3. The first-order valence-electron chi connectivity index (χ1n) is 10.0. The topological polar surface area (TPSA) is 87.3 Å². The second-order valence-corrected chi connectivity index (χ2v) is 8.55. The number of fused-ring (bicyclic) bond motifs is 1. The predicted molar refractivity (Wildman–Crippen MR) is 115 cm³/mol. The van der Waals surface area contributed by atoms with E-state index >= 15 is 0 Å². The molecule has 1 unspecified atom stereocenters. The number of nitrogens with one attached hydrogen (secondary N) is 1. The number of hydrogen-bond donors (Lipinski definition) is 3. The van der Waals surface area contributed by atoms with Crippen LogP contribution in [0.5, 0.6) is 0 Å². The zero-order valence-corrected chi connectivity index (χ0v) is 17.8. The summed E-state index contributed by atoms with van der Waals surface area (Å²) in [5.74, 6) is -1.07. The average molecular weight is 449 g/mol. The maximum Gasteiger partial charge on any atom is 0.419 e. The molecule has 0 spiro atoms. The van der Waals surface area contributed by atoms with Crippen molar-refractivity contribution in [1.29, 1.82) is 0 Å². The molecule has 0 amide bonds. The lowest BCUT2D eigenvalue weighted by molar-refractivity contribution is -0.140. The number of halogens is 4. The fourth-order valence-electron chi connectivity index (χ4n) is 4.01. The van der Waals surface area contributed by atoms with Gasteiger partial charge in [0.15, 0.2) is 5.82 Å². The SMILES string of the molecule is Cc1nnc(NC(C)c2cc(N)cc(C(F)(F)F)c2F)c2cc(N3CC(C)(O)C3)ccc12. The lowest BCUT2D eigenvalue weighted by Gasteiger charge is -2.45. The minimum Gasteiger partial charge on any atom is -0.399 e. The second-order valence-electron chi connectivity index (χ2n) is 8.55. The molecule has 170 valence electrons. The first kappa shape index (κ1) is 22.1. The third kappa shape index (κ3) is 4.02. The van der Waals surface area contributed by atoms with E-state index in [2.05, 4.69) is 15.5 Å². The van der Waals surface area contributed by atoms with Gasteiger partial charge in [0, 0.05) is 40.8 Å². The van der Waals surface area contributed by atoms with Crippen LogP contribution >= 0.6 is 0 Å². The number of aryl methyl sites for hydroxylation is 1. The Morgan fingerprint density at radius 2 is 1.84 bits per heavy atom. The molecule has 1 aromatic heterocycles. The normalized spacial score (nSPS) is 16.7. The van der Waals surface area contributed by atoms with E-state index in [9.17, 15) is 22.7 Å². The maximum absolute atomic E-state index is 14.7. The Morgan fingerprint density at radius 1 is 1.16 bits per heavy atom. The molecule has 2 heterocycles. The molecule has 32 heavy (non-hydrogen) atoms. The van der Waals surface area contributed by atoms with Crippen molar-refractivity contribution >= 4 is 28.0 Å². The van der Waals surface area contributed by atoms with Crippen molar-refractivity contribution in [1.82, 2.24) is 10.2 Å². The molecule has 1 aliphatic rings. The number of alkyl halides is 3. The van der Waals surface area contributed by atoms with Crippen molar-refractivity contribution < 1.29 is 22.7 Å². The van der Waals surface area contributed by atoms with E-state index in [4.69, 9.17) is 5.73 Å². The van der Waals surface area contributed by atoms with Crippen LogP contribution in [0.1, 0.15) is 36.7 Å². The summed E-state index contributed by atoms with van der Waals surface area (Å²) in [4.78, 5) is 2.00. The Hall–Kier alpha value is -3.14. The molecular weight excluding hydrogens is 426 g/mol. The van der Waals surface area contributed by atoms with Gasteiger partial charge >= 0.3 is 6.18 Å². The Balaban J connectivity index is 1.72. The summed E-state index contributed by atoms with van der Waals surface area (Å²) in [6.07, 6.45) is -4.86. The van der Waals surface area contributed by atoms with E-state index in [0.717, 1.165) is 11.1 Å². The van der Waals surface area contributed by atoms with Gasteiger partial charge in [-0.3, -0.25) is 0 Å². The molecule has 1 aliphatic heterocycles. The van der Waals surface area contributed by atoms with Crippen LogP contribution in [0.25, 0.3) is 10.8 Å². The summed E-state index contributed by atoms with van der Waals surface area (Å²) in [7, 11) is 0. The fourth-order valence-corrected chi connectivity index (χ4v) is 4.01. The van der Waals surface area contributed by atoms with Gasteiger partial charge in [0.05, 0.1) is 22.9 Å². The van der Waals surface area contributed by atoms with E-state index in [-0.39, 0.29) is 11.3 Å². The van der Waals surface area contributed by atoms with Gasteiger partial charge in [-0.2, -0.15) is 18.3 Å². The fraction of sp³-hybridized carbons (Fsp3) is 0.364. The van der Waals surface area contributed by atoms with E-state index in [1.54, 1.807) is 13.8 Å². The molecule has 1 atom stereocenters. The Bertz CT molecular complexity index is 1190. The van der Waals surface area contributed by atoms with Crippen LogP contribution in [0.2, 0.25) is 0 Å². The molecular formula is C22H23F4N5O. The van der Waals surface area contributed by atoms with Gasteiger partial charge in [0.1, 0.15) is 5.82 Å². The average Bonchev–Trinajstić information content (AvgIpc) is 2.68. The number of rotatable bonds is 4. The molecule has 4 N–H and O–H groups in total. The van der Waals surface area contributed by atoms with Crippen LogP contribution < -0.4 is 16.0 Å². The summed E-state index contributed by atoms with van der Waals surface area (Å²) in [5.41, 5.74) is 4.59. The number of nitrogens with two attached hydrogens (primary N) is 1. The van der Waals surface area contributed by atoms with E-state index in [1.165, 1.54) is 13.0 Å². The molecule has 3 aromatic rings. The van der Waals surface area contributed by atoms with Crippen LogP contribution in [0.3, 0.4) is 0 Å². The van der Waals surface area contributed by atoms with Crippen LogP contribution in [0.15, 0.2) is 30.3 Å². The summed E-state index contributed by atoms with van der Waals surface area (Å²) in [5, 5.41) is 22.8. The van der Waals surface area contributed by atoms with Crippen molar-refractivity contribution in [3.05, 3.63) is 53.0 Å². The number of aliphatic hydroxyl groups is 1. The Labute approximate surface area is 182 Å². The monoisotopic (exact) mass is 449 g/mol. The summed E-state index contributed by atoms with van der Waals surface area (Å²) >= 11 is 0.